The standard InChI is InChI=1S/C15H21N5O2/c1-11(2)12-4-6-13(7-5-12)15-17-19-20(18-15)10-14(21)16-8-9-22-3/h4-7,11H,8-10H2,1-3H3,(H,16,21). The maximum absolute atomic E-state index is 11.7. The van der Waals surface area contributed by atoms with Gasteiger partial charge in [-0.2, -0.15) is 4.80 Å². The number of nitrogens with one attached hydrogen (secondary N) is 1. The Kier molecular flexibility index (Phi) is 5.60. The molecule has 0 bridgehead atoms. The van der Waals surface area contributed by atoms with Gasteiger partial charge >= 0.3 is 0 Å². The predicted octanol–water partition coefficient (Wildman–Crippen LogP) is 1.23. The zero-order valence-corrected chi connectivity index (χ0v) is 13.1. The van der Waals surface area contributed by atoms with Gasteiger partial charge in [0.05, 0.1) is 6.61 Å². The fourth-order valence-corrected chi connectivity index (χ4v) is 1.92. The monoisotopic (exact) mass is 303 g/mol. The van der Waals surface area contributed by atoms with Crippen molar-refractivity contribution < 1.29 is 9.53 Å². The maximum Gasteiger partial charge on any atom is 0.243 e. The van der Waals surface area contributed by atoms with Gasteiger partial charge in [-0.1, -0.05) is 38.1 Å². The summed E-state index contributed by atoms with van der Waals surface area (Å²) < 4.78 is 4.87. The van der Waals surface area contributed by atoms with Crippen LogP contribution in [-0.2, 0) is 16.1 Å². The number of methoxy groups -OCH3 is 1. The van der Waals surface area contributed by atoms with Crippen molar-refractivity contribution in [3.63, 3.8) is 0 Å². The summed E-state index contributed by atoms with van der Waals surface area (Å²) in [5.41, 5.74) is 2.14. The van der Waals surface area contributed by atoms with Crippen LogP contribution in [0.25, 0.3) is 11.4 Å². The molecule has 0 unspecified atom stereocenters. The minimum absolute atomic E-state index is 0.0425. The second-order valence-electron chi connectivity index (χ2n) is 5.26. The Bertz CT molecular complexity index is 607. The van der Waals surface area contributed by atoms with E-state index in [1.54, 1.807) is 7.11 Å². The molecule has 0 fully saturated rings. The van der Waals surface area contributed by atoms with Crippen LogP contribution < -0.4 is 5.32 Å². The molecule has 2 rings (SSSR count). The lowest BCUT2D eigenvalue weighted by Gasteiger charge is -2.04. The number of aromatic nitrogens is 4. The van der Waals surface area contributed by atoms with E-state index in [-0.39, 0.29) is 12.5 Å². The van der Waals surface area contributed by atoms with E-state index in [1.165, 1.54) is 10.4 Å². The highest BCUT2D eigenvalue weighted by atomic mass is 16.5. The molecule has 7 nitrogen and oxygen atoms in total. The molecule has 1 aromatic carbocycles. The molecule has 0 radical (unpaired) electrons. The highest BCUT2D eigenvalue weighted by Crippen LogP contribution is 2.19. The van der Waals surface area contributed by atoms with Gasteiger partial charge in [0.1, 0.15) is 6.54 Å². The molecule has 0 atom stereocenters. The largest absolute Gasteiger partial charge is 0.383 e. The maximum atomic E-state index is 11.7. The third kappa shape index (κ3) is 4.36. The fourth-order valence-electron chi connectivity index (χ4n) is 1.92. The van der Waals surface area contributed by atoms with Crippen LogP contribution >= 0.6 is 0 Å². The van der Waals surface area contributed by atoms with Crippen molar-refractivity contribution in [1.82, 2.24) is 25.5 Å². The minimum Gasteiger partial charge on any atom is -0.383 e. The van der Waals surface area contributed by atoms with Gasteiger partial charge in [-0.25, -0.2) is 0 Å². The molecule has 1 heterocycles. The minimum atomic E-state index is -0.170. The van der Waals surface area contributed by atoms with Crippen LogP contribution in [0.1, 0.15) is 25.3 Å². The Morgan fingerprint density at radius 3 is 2.68 bits per heavy atom. The molecular weight excluding hydrogens is 282 g/mol. The number of ether oxygens (including phenoxy) is 1. The normalized spacial score (nSPS) is 10.9. The second-order valence-corrected chi connectivity index (χ2v) is 5.26. The van der Waals surface area contributed by atoms with Crippen LogP contribution in [-0.4, -0.2) is 46.4 Å². The SMILES string of the molecule is COCCNC(=O)Cn1nnc(-c2ccc(C(C)C)cc2)n1. The number of rotatable bonds is 7. The Labute approximate surface area is 129 Å². The first kappa shape index (κ1) is 16.1. The average molecular weight is 303 g/mol. The van der Waals surface area contributed by atoms with E-state index in [2.05, 4.69) is 46.7 Å². The van der Waals surface area contributed by atoms with E-state index in [0.717, 1.165) is 5.56 Å². The van der Waals surface area contributed by atoms with Crippen molar-refractivity contribution in [2.24, 2.45) is 0 Å². The van der Waals surface area contributed by atoms with Gasteiger partial charge in [0, 0.05) is 19.2 Å². The molecule has 1 aromatic heterocycles. The lowest BCUT2D eigenvalue weighted by Crippen LogP contribution is -2.31. The van der Waals surface area contributed by atoms with Crippen molar-refractivity contribution in [2.75, 3.05) is 20.3 Å². The summed E-state index contributed by atoms with van der Waals surface area (Å²) >= 11 is 0. The molecule has 0 aliphatic heterocycles. The van der Waals surface area contributed by atoms with Crippen molar-refractivity contribution in [3.8, 4) is 11.4 Å². The van der Waals surface area contributed by atoms with Crippen LogP contribution in [0, 0.1) is 0 Å². The Balaban J connectivity index is 1.97. The number of nitrogens with zero attached hydrogens (tertiary/aromatic N) is 4. The quantitative estimate of drug-likeness (QED) is 0.778. The number of hydrogen-bond donors (Lipinski definition) is 1. The molecule has 7 heteroatoms. The lowest BCUT2D eigenvalue weighted by molar-refractivity contribution is -0.122. The van der Waals surface area contributed by atoms with Crippen LogP contribution in [0.2, 0.25) is 0 Å². The number of hydrogen-bond acceptors (Lipinski definition) is 5. The first-order valence-corrected chi connectivity index (χ1v) is 7.24. The molecule has 1 N–H and O–H groups in total. The van der Waals surface area contributed by atoms with E-state index in [4.69, 9.17) is 4.74 Å². The summed E-state index contributed by atoms with van der Waals surface area (Å²) in [6.07, 6.45) is 0. The summed E-state index contributed by atoms with van der Waals surface area (Å²) in [5.74, 6) is 0.824. The summed E-state index contributed by atoms with van der Waals surface area (Å²) in [7, 11) is 1.59. The number of amides is 1. The van der Waals surface area contributed by atoms with Gasteiger partial charge in [-0.3, -0.25) is 4.79 Å². The Hall–Kier alpha value is -2.28. The molecular formula is C15H21N5O2. The first-order chi connectivity index (χ1) is 10.6. The van der Waals surface area contributed by atoms with Gasteiger partial charge in [0.2, 0.25) is 11.7 Å². The fraction of sp³-hybridized carbons (Fsp3) is 0.467. The van der Waals surface area contributed by atoms with E-state index in [9.17, 15) is 4.79 Å². The van der Waals surface area contributed by atoms with Crippen LogP contribution in [0.5, 0.6) is 0 Å². The first-order valence-electron chi connectivity index (χ1n) is 7.24. The van der Waals surface area contributed by atoms with Crippen molar-refractivity contribution in [3.05, 3.63) is 29.8 Å². The summed E-state index contributed by atoms with van der Waals surface area (Å²) in [6.45, 7) is 5.27. The third-order valence-corrected chi connectivity index (χ3v) is 3.20. The van der Waals surface area contributed by atoms with Crippen LogP contribution in [0.4, 0.5) is 0 Å². The van der Waals surface area contributed by atoms with Crippen molar-refractivity contribution in [1.29, 1.82) is 0 Å². The lowest BCUT2D eigenvalue weighted by atomic mass is 10.0. The molecule has 22 heavy (non-hydrogen) atoms. The smallest absolute Gasteiger partial charge is 0.243 e. The number of carbonyl (C=O) groups is 1. The zero-order valence-electron chi connectivity index (χ0n) is 13.1. The number of carbonyl (C=O) groups excluding carboxylic acids is 1. The molecule has 118 valence electrons. The van der Waals surface area contributed by atoms with E-state index < -0.39 is 0 Å². The molecule has 0 aliphatic carbocycles. The molecule has 1 amide bonds. The van der Waals surface area contributed by atoms with Crippen molar-refractivity contribution >= 4 is 5.91 Å². The topological polar surface area (TPSA) is 81.9 Å². The van der Waals surface area contributed by atoms with Gasteiger partial charge in [0.15, 0.2) is 0 Å². The predicted molar refractivity (Wildman–Crippen MR) is 82.2 cm³/mol. The molecule has 0 saturated carbocycles. The molecule has 0 spiro atoms. The number of benzene rings is 1. The van der Waals surface area contributed by atoms with Crippen molar-refractivity contribution in [2.45, 2.75) is 26.3 Å². The van der Waals surface area contributed by atoms with E-state index in [0.29, 0.717) is 24.9 Å². The van der Waals surface area contributed by atoms with Gasteiger partial charge in [-0.15, -0.1) is 10.2 Å². The highest BCUT2D eigenvalue weighted by Gasteiger charge is 2.09. The van der Waals surface area contributed by atoms with Crippen LogP contribution in [0.15, 0.2) is 24.3 Å². The van der Waals surface area contributed by atoms with Crippen LogP contribution in [0.3, 0.4) is 0 Å². The van der Waals surface area contributed by atoms with Gasteiger partial charge in [-0.05, 0) is 16.7 Å². The van der Waals surface area contributed by atoms with E-state index in [1.807, 2.05) is 12.1 Å². The van der Waals surface area contributed by atoms with Gasteiger partial charge in [0.25, 0.3) is 0 Å². The highest BCUT2D eigenvalue weighted by molar-refractivity contribution is 5.75. The Morgan fingerprint density at radius 2 is 2.05 bits per heavy atom. The summed E-state index contributed by atoms with van der Waals surface area (Å²) in [5, 5.41) is 14.8. The second kappa shape index (κ2) is 7.65. The molecule has 0 aliphatic rings. The zero-order chi connectivity index (χ0) is 15.9. The van der Waals surface area contributed by atoms with Gasteiger partial charge < -0.3 is 10.1 Å². The summed E-state index contributed by atoms with van der Waals surface area (Å²) in [6, 6.07) is 8.04. The molecule has 2 aromatic rings. The van der Waals surface area contributed by atoms with E-state index >= 15 is 0 Å². The Morgan fingerprint density at radius 1 is 1.32 bits per heavy atom. The third-order valence-electron chi connectivity index (χ3n) is 3.20. The summed E-state index contributed by atoms with van der Waals surface area (Å²) in [4.78, 5) is 12.9. The molecule has 0 saturated heterocycles. The average Bonchev–Trinajstić information content (AvgIpc) is 2.96. The number of tetrazole rings is 1.